The lowest BCUT2D eigenvalue weighted by molar-refractivity contribution is -0.384. The Bertz CT molecular complexity index is 1100. The molecule has 0 atom stereocenters. The molecule has 0 N–H and O–H groups in total. The molecule has 2 aromatic carbocycles. The van der Waals surface area contributed by atoms with Crippen LogP contribution in [0.4, 0.5) is 5.69 Å². The Hall–Kier alpha value is -3.88. The molecule has 0 saturated carbocycles. The molecule has 1 aromatic heterocycles. The first kappa shape index (κ1) is 20.8. The van der Waals surface area contributed by atoms with Gasteiger partial charge in [-0.05, 0) is 36.8 Å². The lowest BCUT2D eigenvalue weighted by Gasteiger charge is -2.14. The molecule has 3 aromatic rings. The number of rotatable bonds is 8. The third kappa shape index (κ3) is 4.93. The van der Waals surface area contributed by atoms with Gasteiger partial charge in [-0.3, -0.25) is 14.9 Å². The summed E-state index contributed by atoms with van der Waals surface area (Å²) in [6, 6.07) is 9.57. The van der Waals surface area contributed by atoms with Gasteiger partial charge in [0.15, 0.2) is 23.7 Å². The summed E-state index contributed by atoms with van der Waals surface area (Å²) < 4.78 is 16.8. The molecule has 0 saturated heterocycles. The number of non-ortho nitro benzene ring substituents is 1. The quantitative estimate of drug-likeness (QED) is 0.410. The Kier molecular flexibility index (Phi) is 6.31. The van der Waals surface area contributed by atoms with Gasteiger partial charge in [-0.15, -0.1) is 0 Å². The molecule has 0 fully saturated rings. The van der Waals surface area contributed by atoms with Crippen molar-refractivity contribution in [3.63, 3.8) is 0 Å². The zero-order chi connectivity index (χ0) is 21.7. The van der Waals surface area contributed by atoms with Crippen LogP contribution >= 0.6 is 0 Å². The van der Waals surface area contributed by atoms with Crippen LogP contribution in [0.3, 0.4) is 0 Å². The second kappa shape index (κ2) is 9.08. The molecule has 9 heteroatoms. The average molecular weight is 411 g/mol. The van der Waals surface area contributed by atoms with Crippen molar-refractivity contribution in [2.75, 3.05) is 27.3 Å². The second-order valence-electron chi connectivity index (χ2n) is 6.51. The maximum absolute atomic E-state index is 11.7. The molecule has 3 rings (SSSR count). The highest BCUT2D eigenvalue weighted by atomic mass is 16.6. The van der Waals surface area contributed by atoms with E-state index >= 15 is 0 Å². The monoisotopic (exact) mass is 411 g/mol. The first-order chi connectivity index (χ1) is 14.4. The van der Waals surface area contributed by atoms with E-state index in [-0.39, 0.29) is 18.2 Å². The average Bonchev–Trinajstić information content (AvgIpc) is 3.13. The summed E-state index contributed by atoms with van der Waals surface area (Å²) in [5.74, 6) is 1.15. The maximum Gasteiger partial charge on any atom is 0.271 e. The summed E-state index contributed by atoms with van der Waals surface area (Å²) in [6.45, 7) is 2.21. The van der Waals surface area contributed by atoms with E-state index in [0.717, 1.165) is 5.56 Å². The molecular formula is C21H21N3O6. The molecule has 0 spiro atoms. The van der Waals surface area contributed by atoms with Gasteiger partial charge < -0.3 is 18.8 Å². The number of hydrogen-bond acceptors (Lipinski definition) is 7. The van der Waals surface area contributed by atoms with Gasteiger partial charge in [0.1, 0.15) is 5.52 Å². The second-order valence-corrected chi connectivity index (χ2v) is 6.51. The fourth-order valence-electron chi connectivity index (χ4n) is 2.57. The van der Waals surface area contributed by atoms with Crippen LogP contribution < -0.4 is 9.47 Å². The summed E-state index contributed by atoms with van der Waals surface area (Å²) in [7, 11) is 3.32. The zero-order valence-corrected chi connectivity index (χ0v) is 16.8. The predicted octanol–water partition coefficient (Wildman–Crippen LogP) is 3.77. The van der Waals surface area contributed by atoms with Crippen LogP contribution in [-0.2, 0) is 4.79 Å². The molecule has 156 valence electrons. The third-order valence-electron chi connectivity index (χ3n) is 4.13. The van der Waals surface area contributed by atoms with Gasteiger partial charge in [0.25, 0.3) is 11.6 Å². The van der Waals surface area contributed by atoms with Crippen molar-refractivity contribution in [1.29, 1.82) is 0 Å². The maximum atomic E-state index is 11.7. The number of aromatic nitrogens is 1. The Morgan fingerprint density at radius 2 is 1.97 bits per heavy atom. The number of nitro groups is 1. The van der Waals surface area contributed by atoms with Crippen molar-refractivity contribution in [2.45, 2.75) is 6.92 Å². The number of fused-ring (bicyclic) bond motifs is 1. The summed E-state index contributed by atoms with van der Waals surface area (Å²) in [5.41, 5.74) is 1.63. The first-order valence-electron chi connectivity index (χ1n) is 9.20. The van der Waals surface area contributed by atoms with Crippen molar-refractivity contribution >= 4 is 34.8 Å². The minimum Gasteiger partial charge on any atom is -0.490 e. The molecule has 1 heterocycles. The standard InChI is InChI=1S/C21H21N3O6/c1-4-28-19-11-14(5-8-18(19)29-13-21(25)23(2)3)6-10-20-22-16-12-15(24(26)27)7-9-17(16)30-20/h5-12H,4,13H2,1-3H3/b10-6+. The van der Waals surface area contributed by atoms with Gasteiger partial charge in [-0.25, -0.2) is 4.98 Å². The van der Waals surface area contributed by atoms with Gasteiger partial charge in [-0.1, -0.05) is 6.07 Å². The third-order valence-corrected chi connectivity index (χ3v) is 4.13. The normalized spacial score (nSPS) is 11.0. The molecule has 9 nitrogen and oxygen atoms in total. The van der Waals surface area contributed by atoms with Crippen LogP contribution in [0, 0.1) is 10.1 Å². The summed E-state index contributed by atoms with van der Waals surface area (Å²) in [6.07, 6.45) is 3.43. The molecule has 0 aliphatic carbocycles. The topological polar surface area (TPSA) is 108 Å². The van der Waals surface area contributed by atoms with E-state index in [4.69, 9.17) is 13.9 Å². The number of ether oxygens (including phenoxy) is 2. The molecule has 1 amide bonds. The van der Waals surface area contributed by atoms with Gasteiger partial charge in [0.2, 0.25) is 5.89 Å². The number of oxazole rings is 1. The lowest BCUT2D eigenvalue weighted by Crippen LogP contribution is -2.27. The molecule has 0 radical (unpaired) electrons. The number of likely N-dealkylation sites (N-methyl/N-ethyl adjacent to an activating group) is 1. The van der Waals surface area contributed by atoms with Crippen molar-refractivity contribution in [3.05, 3.63) is 58.0 Å². The Labute approximate surface area is 172 Å². The van der Waals surface area contributed by atoms with Crippen LogP contribution in [-0.4, -0.2) is 48.0 Å². The molecule has 0 unspecified atom stereocenters. The smallest absolute Gasteiger partial charge is 0.271 e. The highest BCUT2D eigenvalue weighted by Crippen LogP contribution is 2.29. The Balaban J connectivity index is 1.79. The zero-order valence-electron chi connectivity index (χ0n) is 16.8. The lowest BCUT2D eigenvalue weighted by atomic mass is 10.2. The van der Waals surface area contributed by atoms with Gasteiger partial charge >= 0.3 is 0 Å². The summed E-state index contributed by atoms with van der Waals surface area (Å²) >= 11 is 0. The van der Waals surface area contributed by atoms with Crippen molar-refractivity contribution in [2.24, 2.45) is 0 Å². The van der Waals surface area contributed by atoms with E-state index in [1.54, 1.807) is 38.4 Å². The highest BCUT2D eigenvalue weighted by molar-refractivity contribution is 5.79. The van der Waals surface area contributed by atoms with E-state index in [1.807, 2.05) is 13.0 Å². The molecule has 0 aliphatic rings. The van der Waals surface area contributed by atoms with Crippen LogP contribution in [0.5, 0.6) is 11.5 Å². The van der Waals surface area contributed by atoms with Crippen LogP contribution in [0.15, 0.2) is 40.8 Å². The number of carbonyl (C=O) groups excluding carboxylic acids is 1. The van der Waals surface area contributed by atoms with Crippen molar-refractivity contribution < 1.29 is 23.6 Å². The Morgan fingerprint density at radius 1 is 1.17 bits per heavy atom. The van der Waals surface area contributed by atoms with Crippen molar-refractivity contribution in [1.82, 2.24) is 9.88 Å². The van der Waals surface area contributed by atoms with E-state index in [2.05, 4.69) is 4.98 Å². The number of carbonyl (C=O) groups is 1. The van der Waals surface area contributed by atoms with E-state index in [0.29, 0.717) is 35.1 Å². The van der Waals surface area contributed by atoms with Crippen molar-refractivity contribution in [3.8, 4) is 11.5 Å². The first-order valence-corrected chi connectivity index (χ1v) is 9.20. The largest absolute Gasteiger partial charge is 0.490 e. The fraction of sp³-hybridized carbons (Fsp3) is 0.238. The van der Waals surface area contributed by atoms with Crippen LogP contribution in [0.25, 0.3) is 23.3 Å². The van der Waals surface area contributed by atoms with Gasteiger partial charge in [-0.2, -0.15) is 0 Å². The van der Waals surface area contributed by atoms with Crippen LogP contribution in [0.1, 0.15) is 18.4 Å². The fourth-order valence-corrected chi connectivity index (χ4v) is 2.57. The molecule has 30 heavy (non-hydrogen) atoms. The number of nitrogens with zero attached hydrogens (tertiary/aromatic N) is 3. The van der Waals surface area contributed by atoms with E-state index in [9.17, 15) is 14.9 Å². The minimum absolute atomic E-state index is 0.0453. The van der Waals surface area contributed by atoms with E-state index in [1.165, 1.54) is 23.1 Å². The number of nitro benzene ring substituents is 1. The minimum atomic E-state index is -0.478. The van der Waals surface area contributed by atoms with Gasteiger partial charge in [0, 0.05) is 32.3 Å². The van der Waals surface area contributed by atoms with Crippen LogP contribution in [0.2, 0.25) is 0 Å². The number of hydrogen-bond donors (Lipinski definition) is 0. The summed E-state index contributed by atoms with van der Waals surface area (Å²) in [4.78, 5) is 27.8. The summed E-state index contributed by atoms with van der Waals surface area (Å²) in [5, 5.41) is 10.9. The Morgan fingerprint density at radius 3 is 2.67 bits per heavy atom. The predicted molar refractivity (Wildman–Crippen MR) is 111 cm³/mol. The highest BCUT2D eigenvalue weighted by Gasteiger charge is 2.12. The number of benzene rings is 2. The van der Waals surface area contributed by atoms with Gasteiger partial charge in [0.05, 0.1) is 11.5 Å². The van der Waals surface area contributed by atoms with E-state index < -0.39 is 4.92 Å². The molecular weight excluding hydrogens is 390 g/mol. The SMILES string of the molecule is CCOc1cc(/C=C/c2nc3cc([N+](=O)[O-])ccc3o2)ccc1OCC(=O)N(C)C. The number of amides is 1. The molecule has 0 aliphatic heterocycles. The molecule has 0 bridgehead atoms.